The van der Waals surface area contributed by atoms with E-state index in [-0.39, 0.29) is 6.10 Å². The monoisotopic (exact) mass is 207 g/mol. The molecule has 1 aromatic carbocycles. The number of rotatable bonds is 4. The minimum absolute atomic E-state index is 0.229. The van der Waals surface area contributed by atoms with Gasteiger partial charge in [-0.1, -0.05) is 12.1 Å². The van der Waals surface area contributed by atoms with Gasteiger partial charge >= 0.3 is 5.97 Å². The first-order valence-electron chi connectivity index (χ1n) is 4.95. The molecule has 0 saturated carbocycles. The summed E-state index contributed by atoms with van der Waals surface area (Å²) in [5, 5.41) is 12.0. The summed E-state index contributed by atoms with van der Waals surface area (Å²) >= 11 is 0. The molecule has 1 aliphatic heterocycles. The van der Waals surface area contributed by atoms with Crippen molar-refractivity contribution in [2.24, 2.45) is 0 Å². The zero-order chi connectivity index (χ0) is 10.7. The van der Waals surface area contributed by atoms with E-state index in [9.17, 15) is 4.79 Å². The maximum atomic E-state index is 10.9. The van der Waals surface area contributed by atoms with Crippen LogP contribution in [0.3, 0.4) is 0 Å². The van der Waals surface area contributed by atoms with Crippen LogP contribution in [-0.4, -0.2) is 30.3 Å². The average Bonchev–Trinajstić information content (AvgIpc) is 2.16. The molecule has 0 aromatic heterocycles. The molecule has 2 N–H and O–H groups in total. The van der Waals surface area contributed by atoms with Gasteiger partial charge in [-0.25, -0.2) is 4.79 Å². The van der Waals surface area contributed by atoms with E-state index in [1.165, 1.54) is 0 Å². The van der Waals surface area contributed by atoms with Crippen LogP contribution in [0.4, 0.5) is 5.69 Å². The van der Waals surface area contributed by atoms with Gasteiger partial charge in [0.25, 0.3) is 0 Å². The van der Waals surface area contributed by atoms with Gasteiger partial charge in [0.05, 0.1) is 11.7 Å². The Labute approximate surface area is 87.9 Å². The van der Waals surface area contributed by atoms with Crippen LogP contribution in [0.2, 0.25) is 0 Å². The summed E-state index contributed by atoms with van der Waals surface area (Å²) in [5.41, 5.74) is 0.956. The summed E-state index contributed by atoms with van der Waals surface area (Å²) in [6.45, 7) is 1.48. The Hall–Kier alpha value is -1.55. The largest absolute Gasteiger partial charge is 0.478 e. The quantitative estimate of drug-likeness (QED) is 0.787. The lowest BCUT2D eigenvalue weighted by Gasteiger charge is -2.27. The standard InChI is InChI=1S/C11H13NO3/c13-11(14)9-3-1-2-4-10(9)12-7-8-5-6-15-8/h1-4,8,12H,5-7H2,(H,13,14). The summed E-state index contributed by atoms with van der Waals surface area (Å²) in [5.74, 6) is -0.910. The smallest absolute Gasteiger partial charge is 0.337 e. The Morgan fingerprint density at radius 3 is 2.87 bits per heavy atom. The van der Waals surface area contributed by atoms with Crippen LogP contribution < -0.4 is 5.32 Å². The van der Waals surface area contributed by atoms with Crippen molar-refractivity contribution in [3.8, 4) is 0 Å². The molecule has 0 bridgehead atoms. The first-order chi connectivity index (χ1) is 7.27. The van der Waals surface area contributed by atoms with Gasteiger partial charge in [-0.15, -0.1) is 0 Å². The first-order valence-corrected chi connectivity index (χ1v) is 4.95. The summed E-state index contributed by atoms with van der Waals surface area (Å²) in [6, 6.07) is 6.89. The van der Waals surface area contributed by atoms with Gasteiger partial charge in [0, 0.05) is 18.8 Å². The number of nitrogens with one attached hydrogen (secondary N) is 1. The lowest BCUT2D eigenvalue weighted by molar-refractivity contribution is -0.0410. The molecule has 0 radical (unpaired) electrons. The molecular formula is C11H13NO3. The molecule has 1 heterocycles. The fourth-order valence-corrected chi connectivity index (χ4v) is 1.49. The number of carbonyl (C=O) groups is 1. The zero-order valence-corrected chi connectivity index (χ0v) is 8.27. The molecular weight excluding hydrogens is 194 g/mol. The predicted molar refractivity (Wildman–Crippen MR) is 56.2 cm³/mol. The van der Waals surface area contributed by atoms with Crippen LogP contribution in [0.15, 0.2) is 24.3 Å². The lowest BCUT2D eigenvalue weighted by Crippen LogP contribution is -2.33. The molecule has 1 aliphatic rings. The van der Waals surface area contributed by atoms with E-state index < -0.39 is 5.97 Å². The second-order valence-electron chi connectivity index (χ2n) is 3.51. The molecule has 4 nitrogen and oxygen atoms in total. The maximum absolute atomic E-state index is 10.9. The second-order valence-corrected chi connectivity index (χ2v) is 3.51. The highest BCUT2D eigenvalue weighted by Gasteiger charge is 2.18. The van der Waals surface area contributed by atoms with Crippen molar-refractivity contribution in [3.05, 3.63) is 29.8 Å². The number of aromatic carboxylic acids is 1. The number of ether oxygens (including phenoxy) is 1. The number of benzene rings is 1. The van der Waals surface area contributed by atoms with E-state index >= 15 is 0 Å². The third kappa shape index (κ3) is 2.27. The van der Waals surface area contributed by atoms with Gasteiger partial charge in [-0.3, -0.25) is 0 Å². The van der Waals surface area contributed by atoms with Crippen molar-refractivity contribution in [1.82, 2.24) is 0 Å². The fraction of sp³-hybridized carbons (Fsp3) is 0.364. The third-order valence-electron chi connectivity index (χ3n) is 2.47. The van der Waals surface area contributed by atoms with Gasteiger partial charge in [-0.2, -0.15) is 0 Å². The van der Waals surface area contributed by atoms with E-state index in [0.29, 0.717) is 17.8 Å². The molecule has 4 heteroatoms. The van der Waals surface area contributed by atoms with Crippen LogP contribution in [-0.2, 0) is 4.74 Å². The highest BCUT2D eigenvalue weighted by Crippen LogP contribution is 2.17. The molecule has 80 valence electrons. The van der Waals surface area contributed by atoms with Crippen LogP contribution in [0.1, 0.15) is 16.8 Å². The lowest BCUT2D eigenvalue weighted by atomic mass is 10.1. The predicted octanol–water partition coefficient (Wildman–Crippen LogP) is 1.59. The number of hydrogen-bond donors (Lipinski definition) is 2. The Balaban J connectivity index is 2.02. The Bertz CT molecular complexity index is 361. The normalized spacial score (nSPS) is 19.3. The molecule has 1 atom stereocenters. The van der Waals surface area contributed by atoms with Gasteiger partial charge in [-0.05, 0) is 18.6 Å². The molecule has 0 aliphatic carbocycles. The Morgan fingerprint density at radius 2 is 2.27 bits per heavy atom. The van der Waals surface area contributed by atoms with E-state index in [2.05, 4.69) is 5.32 Å². The number of anilines is 1. The van der Waals surface area contributed by atoms with Crippen LogP contribution in [0, 0.1) is 0 Å². The Morgan fingerprint density at radius 1 is 1.53 bits per heavy atom. The second kappa shape index (κ2) is 4.31. The molecule has 1 saturated heterocycles. The highest BCUT2D eigenvalue weighted by molar-refractivity contribution is 5.94. The van der Waals surface area contributed by atoms with Crippen molar-refractivity contribution in [1.29, 1.82) is 0 Å². The number of carboxylic acids is 1. The van der Waals surface area contributed by atoms with Gasteiger partial charge < -0.3 is 15.2 Å². The van der Waals surface area contributed by atoms with E-state index in [1.54, 1.807) is 18.2 Å². The van der Waals surface area contributed by atoms with E-state index in [1.807, 2.05) is 6.07 Å². The van der Waals surface area contributed by atoms with Crippen molar-refractivity contribution in [3.63, 3.8) is 0 Å². The molecule has 1 fully saturated rings. The van der Waals surface area contributed by atoms with Crippen molar-refractivity contribution >= 4 is 11.7 Å². The minimum Gasteiger partial charge on any atom is -0.478 e. The summed E-state index contributed by atoms with van der Waals surface area (Å²) in [6.07, 6.45) is 1.27. The summed E-state index contributed by atoms with van der Waals surface area (Å²) < 4.78 is 5.24. The number of carboxylic acid groups (broad SMARTS) is 1. The van der Waals surface area contributed by atoms with Crippen molar-refractivity contribution in [2.75, 3.05) is 18.5 Å². The molecule has 2 rings (SSSR count). The van der Waals surface area contributed by atoms with Crippen LogP contribution in [0.5, 0.6) is 0 Å². The average molecular weight is 207 g/mol. The van der Waals surface area contributed by atoms with Gasteiger partial charge in [0.15, 0.2) is 0 Å². The van der Waals surface area contributed by atoms with E-state index in [0.717, 1.165) is 13.0 Å². The zero-order valence-electron chi connectivity index (χ0n) is 8.27. The minimum atomic E-state index is -0.910. The van der Waals surface area contributed by atoms with E-state index in [4.69, 9.17) is 9.84 Å². The number of para-hydroxylation sites is 1. The van der Waals surface area contributed by atoms with Gasteiger partial charge in [0.1, 0.15) is 0 Å². The Kier molecular flexibility index (Phi) is 2.87. The molecule has 1 unspecified atom stereocenters. The molecule has 1 aromatic rings. The first kappa shape index (κ1) is 9.98. The molecule has 15 heavy (non-hydrogen) atoms. The van der Waals surface area contributed by atoms with Crippen LogP contribution >= 0.6 is 0 Å². The SMILES string of the molecule is O=C(O)c1ccccc1NCC1CCO1. The fourth-order valence-electron chi connectivity index (χ4n) is 1.49. The highest BCUT2D eigenvalue weighted by atomic mass is 16.5. The van der Waals surface area contributed by atoms with Crippen molar-refractivity contribution < 1.29 is 14.6 Å². The summed E-state index contributed by atoms with van der Waals surface area (Å²) in [4.78, 5) is 10.9. The van der Waals surface area contributed by atoms with Crippen LogP contribution in [0.25, 0.3) is 0 Å². The topological polar surface area (TPSA) is 58.6 Å². The molecule has 0 spiro atoms. The molecule has 0 amide bonds. The number of hydrogen-bond acceptors (Lipinski definition) is 3. The van der Waals surface area contributed by atoms with Gasteiger partial charge in [0.2, 0.25) is 0 Å². The maximum Gasteiger partial charge on any atom is 0.337 e. The third-order valence-corrected chi connectivity index (χ3v) is 2.47. The summed E-state index contributed by atoms with van der Waals surface area (Å²) in [7, 11) is 0. The van der Waals surface area contributed by atoms with Crippen molar-refractivity contribution in [2.45, 2.75) is 12.5 Å².